The Morgan fingerprint density at radius 3 is 2.40 bits per heavy atom. The zero-order chi connectivity index (χ0) is 18.7. The van der Waals surface area contributed by atoms with Crippen LogP contribution < -0.4 is 10.1 Å². The van der Waals surface area contributed by atoms with Crippen molar-refractivity contribution >= 4 is 6.09 Å². The lowest BCUT2D eigenvalue weighted by molar-refractivity contribution is 0.0765. The van der Waals surface area contributed by atoms with Crippen molar-refractivity contribution in [2.75, 3.05) is 6.61 Å². The van der Waals surface area contributed by atoms with Gasteiger partial charge in [-0.05, 0) is 50.8 Å². The number of aliphatic hydroxyl groups is 1. The molecule has 1 rings (SSSR count). The molecule has 0 aromatic heterocycles. The lowest BCUT2D eigenvalue weighted by atomic mass is 9.88. The van der Waals surface area contributed by atoms with Gasteiger partial charge in [0, 0.05) is 0 Å². The average Bonchev–Trinajstić information content (AvgIpc) is 2.56. The van der Waals surface area contributed by atoms with Crippen molar-refractivity contribution in [3.05, 3.63) is 29.8 Å². The van der Waals surface area contributed by atoms with Crippen LogP contribution in [0.15, 0.2) is 24.3 Å². The second-order valence-electron chi connectivity index (χ2n) is 6.93. The summed E-state index contributed by atoms with van der Waals surface area (Å²) < 4.78 is 5.75. The molecule has 0 aliphatic heterocycles. The van der Waals surface area contributed by atoms with Crippen LogP contribution in [0.1, 0.15) is 64.9 Å². The van der Waals surface area contributed by atoms with Crippen molar-refractivity contribution in [1.29, 1.82) is 0 Å². The van der Waals surface area contributed by atoms with E-state index in [9.17, 15) is 9.90 Å². The highest BCUT2D eigenvalue weighted by atomic mass is 16.5. The first kappa shape index (κ1) is 21.3. The van der Waals surface area contributed by atoms with E-state index in [1.165, 1.54) is 25.7 Å². The topological polar surface area (TPSA) is 78.8 Å². The normalized spacial score (nSPS) is 14.6. The van der Waals surface area contributed by atoms with E-state index in [0.29, 0.717) is 12.8 Å². The van der Waals surface area contributed by atoms with E-state index in [-0.39, 0.29) is 0 Å². The summed E-state index contributed by atoms with van der Waals surface area (Å²) in [6, 6.07) is 7.89. The number of benzene rings is 1. The molecule has 0 radical (unpaired) electrons. The molecule has 0 spiro atoms. The first-order valence-corrected chi connectivity index (χ1v) is 9.28. The second-order valence-corrected chi connectivity index (χ2v) is 6.93. The van der Waals surface area contributed by atoms with Crippen LogP contribution in [0.5, 0.6) is 5.75 Å². The zero-order valence-corrected chi connectivity index (χ0v) is 15.8. The fraction of sp³-hybridized carbons (Fsp3) is 0.650. The molecule has 5 nitrogen and oxygen atoms in total. The highest BCUT2D eigenvalue weighted by Crippen LogP contribution is 2.20. The molecule has 1 amide bonds. The fourth-order valence-electron chi connectivity index (χ4n) is 2.67. The Hall–Kier alpha value is -1.75. The van der Waals surface area contributed by atoms with Crippen molar-refractivity contribution in [3.8, 4) is 5.75 Å². The van der Waals surface area contributed by atoms with Gasteiger partial charge in [0.1, 0.15) is 5.75 Å². The van der Waals surface area contributed by atoms with Gasteiger partial charge >= 0.3 is 6.09 Å². The first-order chi connectivity index (χ1) is 11.9. The summed E-state index contributed by atoms with van der Waals surface area (Å²) >= 11 is 0. The Balaban J connectivity index is 2.41. The minimum atomic E-state index is -1.12. The summed E-state index contributed by atoms with van der Waals surface area (Å²) in [5.41, 5.74) is 0.230. The molecule has 0 unspecified atom stereocenters. The Kier molecular flexibility index (Phi) is 9.35. The molecule has 0 saturated carbocycles. The number of unbranched alkanes of at least 4 members (excludes halogenated alkanes) is 4. The molecule has 1 aromatic rings. The van der Waals surface area contributed by atoms with Crippen molar-refractivity contribution in [2.45, 2.75) is 77.4 Å². The molecule has 25 heavy (non-hydrogen) atoms. The van der Waals surface area contributed by atoms with E-state index in [1.54, 1.807) is 13.8 Å². The molecule has 3 N–H and O–H groups in total. The molecular weight excluding hydrogens is 318 g/mol. The van der Waals surface area contributed by atoms with Crippen LogP contribution in [0.25, 0.3) is 0 Å². The molecule has 1 aromatic carbocycles. The average molecular weight is 351 g/mol. The standard InChI is InChI=1S/C20H33NO4/c1-4-5-6-7-8-15-25-18-11-9-17(10-12-18)13-14-20(3,16(2)22)21-19(23)24/h9-12,16,21-22H,4-8,13-15H2,1-3H3,(H,23,24)/t16-,20+/m0/s1. The van der Waals surface area contributed by atoms with Gasteiger partial charge < -0.3 is 20.3 Å². The van der Waals surface area contributed by atoms with Crippen LogP contribution in [0, 0.1) is 0 Å². The Labute approximate surface area is 151 Å². The fourth-order valence-corrected chi connectivity index (χ4v) is 2.67. The highest BCUT2D eigenvalue weighted by Gasteiger charge is 2.31. The predicted octanol–water partition coefficient (Wildman–Crippen LogP) is 4.38. The minimum absolute atomic E-state index is 0.522. The summed E-state index contributed by atoms with van der Waals surface area (Å²) in [6.07, 6.45) is 5.41. The predicted molar refractivity (Wildman–Crippen MR) is 100 cm³/mol. The first-order valence-electron chi connectivity index (χ1n) is 9.28. The number of carboxylic acid groups (broad SMARTS) is 1. The van der Waals surface area contributed by atoms with Crippen molar-refractivity contribution in [3.63, 3.8) is 0 Å². The van der Waals surface area contributed by atoms with Gasteiger partial charge in [-0.3, -0.25) is 0 Å². The van der Waals surface area contributed by atoms with Gasteiger partial charge in [0.05, 0.1) is 18.2 Å². The van der Waals surface area contributed by atoms with Gasteiger partial charge in [-0.1, -0.05) is 44.7 Å². The Morgan fingerprint density at radius 2 is 1.84 bits per heavy atom. The molecule has 0 aliphatic rings. The SMILES string of the molecule is CCCCCCCOc1ccc(CC[C@@](C)(NC(=O)O)[C@H](C)O)cc1. The van der Waals surface area contributed by atoms with Crippen molar-refractivity contribution < 1.29 is 19.7 Å². The van der Waals surface area contributed by atoms with Gasteiger partial charge in [0.2, 0.25) is 0 Å². The Bertz CT molecular complexity index is 501. The number of ether oxygens (including phenoxy) is 1. The number of aryl methyl sites for hydroxylation is 1. The number of nitrogens with one attached hydrogen (secondary N) is 1. The molecule has 142 valence electrons. The maximum absolute atomic E-state index is 10.9. The van der Waals surface area contributed by atoms with Crippen molar-refractivity contribution in [1.82, 2.24) is 5.32 Å². The van der Waals surface area contributed by atoms with E-state index in [2.05, 4.69) is 12.2 Å². The van der Waals surface area contributed by atoms with Crippen LogP contribution >= 0.6 is 0 Å². The number of carbonyl (C=O) groups is 1. The number of amides is 1. The van der Waals surface area contributed by atoms with Crippen LogP contribution in [0.2, 0.25) is 0 Å². The summed E-state index contributed by atoms with van der Waals surface area (Å²) in [6.45, 7) is 6.28. The molecule has 0 aliphatic carbocycles. The highest BCUT2D eigenvalue weighted by molar-refractivity contribution is 5.65. The third-order valence-corrected chi connectivity index (χ3v) is 4.69. The number of hydrogen-bond acceptors (Lipinski definition) is 3. The van der Waals surface area contributed by atoms with Crippen molar-refractivity contribution in [2.24, 2.45) is 0 Å². The summed E-state index contributed by atoms with van der Waals surface area (Å²) in [5.74, 6) is 0.862. The minimum Gasteiger partial charge on any atom is -0.494 e. The van der Waals surface area contributed by atoms with Gasteiger partial charge in [-0.15, -0.1) is 0 Å². The van der Waals surface area contributed by atoms with Gasteiger partial charge in [0.15, 0.2) is 0 Å². The molecule has 0 fully saturated rings. The van der Waals surface area contributed by atoms with E-state index in [0.717, 1.165) is 24.3 Å². The van der Waals surface area contributed by atoms with E-state index < -0.39 is 17.7 Å². The maximum atomic E-state index is 10.9. The van der Waals surface area contributed by atoms with Gasteiger partial charge in [-0.25, -0.2) is 4.79 Å². The molecule has 0 heterocycles. The lowest BCUT2D eigenvalue weighted by Gasteiger charge is -2.32. The summed E-state index contributed by atoms with van der Waals surface area (Å²) in [5, 5.41) is 21.2. The zero-order valence-electron chi connectivity index (χ0n) is 15.8. The summed E-state index contributed by atoms with van der Waals surface area (Å²) in [4.78, 5) is 10.9. The smallest absolute Gasteiger partial charge is 0.405 e. The Morgan fingerprint density at radius 1 is 1.20 bits per heavy atom. The number of rotatable bonds is 12. The third kappa shape index (κ3) is 8.25. The lowest BCUT2D eigenvalue weighted by Crippen LogP contribution is -2.53. The largest absolute Gasteiger partial charge is 0.494 e. The van der Waals surface area contributed by atoms with Gasteiger partial charge in [0.25, 0.3) is 0 Å². The van der Waals surface area contributed by atoms with Crippen LogP contribution in [-0.2, 0) is 6.42 Å². The molecule has 0 bridgehead atoms. The van der Waals surface area contributed by atoms with Crippen LogP contribution in [0.3, 0.4) is 0 Å². The number of aliphatic hydroxyl groups excluding tert-OH is 1. The molecule has 5 heteroatoms. The summed E-state index contributed by atoms with van der Waals surface area (Å²) in [7, 11) is 0. The van der Waals surface area contributed by atoms with E-state index in [4.69, 9.17) is 9.84 Å². The number of hydrogen-bond donors (Lipinski definition) is 3. The maximum Gasteiger partial charge on any atom is 0.405 e. The van der Waals surface area contributed by atoms with Crippen LogP contribution in [0.4, 0.5) is 4.79 Å². The van der Waals surface area contributed by atoms with E-state index in [1.807, 2.05) is 24.3 Å². The monoisotopic (exact) mass is 351 g/mol. The third-order valence-electron chi connectivity index (χ3n) is 4.69. The molecular formula is C20H33NO4. The quantitative estimate of drug-likeness (QED) is 0.488. The second kappa shape index (κ2) is 11.0. The molecule has 2 atom stereocenters. The molecule has 0 saturated heterocycles. The van der Waals surface area contributed by atoms with Gasteiger partial charge in [-0.2, -0.15) is 0 Å². The van der Waals surface area contributed by atoms with E-state index >= 15 is 0 Å². The van der Waals surface area contributed by atoms with Crippen LogP contribution in [-0.4, -0.2) is 34.6 Å².